The second kappa shape index (κ2) is 17.5. The molecular formula is C34H29Cl2NO10. The van der Waals surface area contributed by atoms with Gasteiger partial charge in [0.2, 0.25) is 17.3 Å². The number of nitrogens with zero attached hydrogens (tertiary/aromatic N) is 1. The van der Waals surface area contributed by atoms with Crippen molar-refractivity contribution in [3.8, 4) is 6.07 Å². The van der Waals surface area contributed by atoms with Crippen LogP contribution in [0.5, 0.6) is 0 Å². The Kier molecular flexibility index (Phi) is 14.1. The standard InChI is InChI=1S/C16H12O5.C10H4Cl2O2.C6H10O3.C2H3N/c1-3-20-16(19)11-8(2)21-15-12(11)13(17)9-6-4-5-7-10(9)14(15)18;11-7-8(12)10(14)6-4-2-1-3-5(6)9(7)13;1-3-9-6(8)4-5(2)7;1-2-3/h4-7H,3H2,1-2H3;1-4H;3-4H2,1-2H3;1H3. The van der Waals surface area contributed by atoms with E-state index < -0.39 is 23.5 Å². The van der Waals surface area contributed by atoms with E-state index in [1.807, 2.05) is 0 Å². The molecule has 2 aromatic carbocycles. The van der Waals surface area contributed by atoms with Crippen molar-refractivity contribution in [2.75, 3.05) is 13.2 Å². The molecule has 0 radical (unpaired) electrons. The van der Waals surface area contributed by atoms with E-state index in [9.17, 15) is 33.6 Å². The zero-order valence-electron chi connectivity index (χ0n) is 26.0. The van der Waals surface area contributed by atoms with Crippen molar-refractivity contribution >= 4 is 64.1 Å². The highest BCUT2D eigenvalue weighted by atomic mass is 35.5. The summed E-state index contributed by atoms with van der Waals surface area (Å²) in [5.41, 5.74) is 1.24. The molecule has 13 heteroatoms. The first-order valence-electron chi connectivity index (χ1n) is 14.0. The van der Waals surface area contributed by atoms with Crippen LogP contribution in [-0.4, -0.2) is 54.1 Å². The highest BCUT2D eigenvalue weighted by Gasteiger charge is 2.38. The third-order valence-corrected chi connectivity index (χ3v) is 6.94. The Hall–Kier alpha value is -5.18. The molecule has 1 aromatic heterocycles. The number of fused-ring (bicyclic) bond motifs is 3. The molecule has 0 aliphatic heterocycles. The monoisotopic (exact) mass is 681 g/mol. The van der Waals surface area contributed by atoms with E-state index in [1.165, 1.54) is 20.8 Å². The number of carbonyl (C=O) groups excluding carboxylic acids is 7. The number of rotatable bonds is 5. The third-order valence-electron chi connectivity index (χ3n) is 6.12. The largest absolute Gasteiger partial charge is 0.466 e. The van der Waals surface area contributed by atoms with Gasteiger partial charge in [-0.15, -0.1) is 0 Å². The Balaban J connectivity index is 0.000000255. The van der Waals surface area contributed by atoms with Crippen molar-refractivity contribution in [1.29, 1.82) is 5.26 Å². The lowest BCUT2D eigenvalue weighted by Gasteiger charge is -2.13. The molecule has 0 saturated carbocycles. The van der Waals surface area contributed by atoms with E-state index in [-0.39, 0.29) is 68.7 Å². The van der Waals surface area contributed by atoms with E-state index >= 15 is 0 Å². The second-order valence-electron chi connectivity index (χ2n) is 9.40. The Morgan fingerprint density at radius 2 is 1.17 bits per heavy atom. The zero-order valence-corrected chi connectivity index (χ0v) is 27.5. The summed E-state index contributed by atoms with van der Waals surface area (Å²) in [5, 5.41) is 6.92. The maximum Gasteiger partial charge on any atom is 0.342 e. The quantitative estimate of drug-likeness (QED) is 0.169. The minimum absolute atomic E-state index is 0.00894. The van der Waals surface area contributed by atoms with E-state index in [4.69, 9.17) is 37.6 Å². The van der Waals surface area contributed by atoms with Gasteiger partial charge in [0.15, 0.2) is 11.5 Å². The summed E-state index contributed by atoms with van der Waals surface area (Å²) in [6.07, 6.45) is -0.103. The van der Waals surface area contributed by atoms with Gasteiger partial charge in [0.05, 0.1) is 24.8 Å². The van der Waals surface area contributed by atoms with Gasteiger partial charge in [-0.05, 0) is 27.7 Å². The van der Waals surface area contributed by atoms with E-state index in [0.29, 0.717) is 23.3 Å². The van der Waals surface area contributed by atoms with Gasteiger partial charge in [0.1, 0.15) is 33.6 Å². The normalized spacial score (nSPS) is 12.3. The number of furan rings is 1. The fourth-order valence-electron chi connectivity index (χ4n) is 4.24. The SMILES string of the molecule is CC#N.CCOC(=O)CC(C)=O.CCOC(=O)c1c(C)oc2c1C(=O)c1ccccc1C2=O.O=C1C(Cl)=C(Cl)C(=O)c2ccccc21. The lowest BCUT2D eigenvalue weighted by Crippen LogP contribution is -2.21. The predicted octanol–water partition coefficient (Wildman–Crippen LogP) is 6.35. The minimum Gasteiger partial charge on any atom is -0.466 e. The molecule has 3 aromatic rings. The number of benzene rings is 2. The average Bonchev–Trinajstić information content (AvgIpc) is 3.40. The maximum absolute atomic E-state index is 12.6. The molecule has 244 valence electrons. The number of esters is 2. The second-order valence-corrected chi connectivity index (χ2v) is 10.2. The molecule has 0 unspecified atom stereocenters. The molecule has 0 saturated heterocycles. The number of ether oxygens (including phenoxy) is 2. The van der Waals surface area contributed by atoms with Crippen LogP contribution >= 0.6 is 23.2 Å². The molecule has 0 fully saturated rings. The number of carbonyl (C=O) groups is 7. The van der Waals surface area contributed by atoms with Crippen molar-refractivity contribution in [3.63, 3.8) is 0 Å². The Morgan fingerprint density at radius 3 is 1.57 bits per heavy atom. The molecule has 0 atom stereocenters. The molecule has 0 spiro atoms. The van der Waals surface area contributed by atoms with Gasteiger partial charge in [0.25, 0.3) is 0 Å². The predicted molar refractivity (Wildman–Crippen MR) is 170 cm³/mol. The average molecular weight is 683 g/mol. The van der Waals surface area contributed by atoms with E-state index in [0.717, 1.165) is 0 Å². The summed E-state index contributed by atoms with van der Waals surface area (Å²) >= 11 is 11.2. The molecule has 2 aliphatic rings. The molecule has 2 aliphatic carbocycles. The number of Topliss-reactive ketones (excluding diaryl/α,β-unsaturated/α-hetero) is 3. The molecular weight excluding hydrogens is 653 g/mol. The van der Waals surface area contributed by atoms with Crippen LogP contribution in [-0.2, 0) is 19.1 Å². The van der Waals surface area contributed by atoms with Crippen LogP contribution in [0.25, 0.3) is 0 Å². The summed E-state index contributed by atoms with van der Waals surface area (Å²) in [4.78, 5) is 80.7. The highest BCUT2D eigenvalue weighted by Crippen LogP contribution is 2.33. The van der Waals surface area contributed by atoms with Gasteiger partial charge in [-0.25, -0.2) is 4.79 Å². The third kappa shape index (κ3) is 8.97. The molecule has 0 bridgehead atoms. The van der Waals surface area contributed by atoms with Gasteiger partial charge in [-0.1, -0.05) is 71.7 Å². The van der Waals surface area contributed by atoms with Crippen molar-refractivity contribution in [1.82, 2.24) is 0 Å². The van der Waals surface area contributed by atoms with Gasteiger partial charge in [-0.3, -0.25) is 28.8 Å². The Morgan fingerprint density at radius 1 is 0.766 bits per heavy atom. The molecule has 47 heavy (non-hydrogen) atoms. The number of aryl methyl sites for hydroxylation is 1. The van der Waals surface area contributed by atoms with Crippen LogP contribution in [0.4, 0.5) is 0 Å². The Bertz CT molecular complexity index is 1780. The summed E-state index contributed by atoms with van der Waals surface area (Å²) in [6.45, 7) is 8.22. The van der Waals surface area contributed by atoms with E-state index in [1.54, 1.807) is 68.4 Å². The van der Waals surface area contributed by atoms with Crippen molar-refractivity contribution < 1.29 is 47.5 Å². The number of hydrogen-bond donors (Lipinski definition) is 0. The number of nitriles is 1. The number of hydrogen-bond acceptors (Lipinski definition) is 11. The van der Waals surface area contributed by atoms with Gasteiger partial charge in [0, 0.05) is 29.2 Å². The summed E-state index contributed by atoms with van der Waals surface area (Å²) < 4.78 is 14.8. The van der Waals surface area contributed by atoms with Crippen LogP contribution in [0.1, 0.15) is 103 Å². The first kappa shape index (κ1) is 38.0. The number of ketones is 5. The van der Waals surface area contributed by atoms with Crippen molar-refractivity contribution in [2.45, 2.75) is 41.0 Å². The summed E-state index contributed by atoms with van der Waals surface area (Å²) in [7, 11) is 0. The first-order valence-corrected chi connectivity index (χ1v) is 14.7. The molecule has 5 rings (SSSR count). The molecule has 0 N–H and O–H groups in total. The topological polar surface area (TPSA) is 175 Å². The minimum atomic E-state index is -0.652. The van der Waals surface area contributed by atoms with Crippen LogP contribution in [0.2, 0.25) is 0 Å². The lowest BCUT2D eigenvalue weighted by atomic mass is 9.86. The van der Waals surface area contributed by atoms with Gasteiger partial charge < -0.3 is 13.9 Å². The lowest BCUT2D eigenvalue weighted by molar-refractivity contribution is -0.145. The van der Waals surface area contributed by atoms with Crippen molar-refractivity contribution in [2.24, 2.45) is 0 Å². The molecule has 0 amide bonds. The number of halogens is 2. The molecule has 11 nitrogen and oxygen atoms in total. The van der Waals surface area contributed by atoms with Crippen LogP contribution in [0.3, 0.4) is 0 Å². The summed E-state index contributed by atoms with van der Waals surface area (Å²) in [6, 6.07) is 14.7. The fourth-order valence-corrected chi connectivity index (χ4v) is 4.61. The van der Waals surface area contributed by atoms with Crippen molar-refractivity contribution in [3.05, 3.63) is 103 Å². The highest BCUT2D eigenvalue weighted by molar-refractivity contribution is 6.59. The fraction of sp³-hybridized carbons (Fsp3) is 0.235. The van der Waals surface area contributed by atoms with Crippen LogP contribution < -0.4 is 0 Å². The van der Waals surface area contributed by atoms with Gasteiger partial charge in [-0.2, -0.15) is 5.26 Å². The Labute approximate surface area is 280 Å². The smallest absolute Gasteiger partial charge is 0.342 e. The zero-order chi connectivity index (χ0) is 35.4. The summed E-state index contributed by atoms with van der Waals surface area (Å²) in [5.74, 6) is -2.69. The van der Waals surface area contributed by atoms with Gasteiger partial charge >= 0.3 is 11.9 Å². The van der Waals surface area contributed by atoms with E-state index in [2.05, 4.69) is 4.74 Å². The van der Waals surface area contributed by atoms with Crippen LogP contribution in [0.15, 0.2) is 63.0 Å². The molecule has 1 heterocycles. The maximum atomic E-state index is 12.6. The number of allylic oxidation sites excluding steroid dienone is 2. The first-order chi connectivity index (χ1) is 22.3. The van der Waals surface area contributed by atoms with Crippen LogP contribution in [0, 0.1) is 18.3 Å².